The first kappa shape index (κ1) is 18.7. The number of carbonyl (C=O) groups is 1. The molecule has 6 nitrogen and oxygen atoms in total. The highest BCUT2D eigenvalue weighted by Crippen LogP contribution is 2.40. The van der Waals surface area contributed by atoms with Gasteiger partial charge in [-0.15, -0.1) is 0 Å². The predicted molar refractivity (Wildman–Crippen MR) is 107 cm³/mol. The molecule has 1 aliphatic rings. The summed E-state index contributed by atoms with van der Waals surface area (Å²) in [6.07, 6.45) is 2.43. The smallest absolute Gasteiger partial charge is 0.259 e. The number of aromatic nitrogens is 3. The van der Waals surface area contributed by atoms with Crippen molar-refractivity contribution in [1.29, 1.82) is 0 Å². The molecule has 1 saturated carbocycles. The van der Waals surface area contributed by atoms with Crippen LogP contribution < -0.4 is 5.32 Å². The van der Waals surface area contributed by atoms with Crippen molar-refractivity contribution in [3.8, 4) is 11.5 Å². The molecule has 0 atom stereocenters. The van der Waals surface area contributed by atoms with Crippen LogP contribution in [-0.4, -0.2) is 20.6 Å². The summed E-state index contributed by atoms with van der Waals surface area (Å²) in [4.78, 5) is 17.2. The van der Waals surface area contributed by atoms with Crippen LogP contribution >= 0.6 is 11.6 Å². The van der Waals surface area contributed by atoms with Crippen LogP contribution in [0.5, 0.6) is 0 Å². The molecule has 4 rings (SSSR count). The molecule has 1 aliphatic carbocycles. The van der Waals surface area contributed by atoms with Crippen LogP contribution in [0.2, 0.25) is 5.02 Å². The van der Waals surface area contributed by atoms with Gasteiger partial charge >= 0.3 is 0 Å². The third kappa shape index (κ3) is 3.44. The van der Waals surface area contributed by atoms with Gasteiger partial charge < -0.3 is 14.4 Å². The van der Waals surface area contributed by atoms with Crippen LogP contribution in [0.1, 0.15) is 60.3 Å². The minimum absolute atomic E-state index is 0.245. The van der Waals surface area contributed by atoms with E-state index in [0.29, 0.717) is 28.3 Å². The summed E-state index contributed by atoms with van der Waals surface area (Å²) in [7, 11) is 0. The Balaban J connectivity index is 1.58. The maximum atomic E-state index is 12.6. The zero-order chi connectivity index (χ0) is 20.1. The molecule has 0 saturated heterocycles. The van der Waals surface area contributed by atoms with E-state index >= 15 is 0 Å². The standard InChI is InChI=1S/C21H23ClN4O2/c1-12-10-17(13(2)26(12)16-8-9-16)19-23-20(25-28-19)21(3,4)24-18(27)14-6-5-7-15(22)11-14/h5-7,10-11,16H,8-9H2,1-4H3,(H,24,27). The maximum Gasteiger partial charge on any atom is 0.259 e. The molecule has 1 aromatic carbocycles. The molecule has 1 fully saturated rings. The number of nitrogens with one attached hydrogen (secondary N) is 1. The van der Waals surface area contributed by atoms with Gasteiger partial charge in [-0.25, -0.2) is 0 Å². The van der Waals surface area contributed by atoms with Crippen molar-refractivity contribution in [1.82, 2.24) is 20.0 Å². The molecule has 0 spiro atoms. The molecule has 7 heteroatoms. The molecule has 1 amide bonds. The number of hydrogen-bond donors (Lipinski definition) is 1. The summed E-state index contributed by atoms with van der Waals surface area (Å²) in [5.74, 6) is 0.653. The third-order valence-corrected chi connectivity index (χ3v) is 5.36. The van der Waals surface area contributed by atoms with Gasteiger partial charge in [-0.05, 0) is 64.8 Å². The van der Waals surface area contributed by atoms with E-state index in [1.807, 2.05) is 13.8 Å². The van der Waals surface area contributed by atoms with Crippen LogP contribution in [0.3, 0.4) is 0 Å². The van der Waals surface area contributed by atoms with Gasteiger partial charge in [-0.2, -0.15) is 4.98 Å². The van der Waals surface area contributed by atoms with Gasteiger partial charge in [0, 0.05) is 28.0 Å². The van der Waals surface area contributed by atoms with Crippen molar-refractivity contribution in [2.45, 2.75) is 52.1 Å². The summed E-state index contributed by atoms with van der Waals surface area (Å²) < 4.78 is 7.88. The van der Waals surface area contributed by atoms with E-state index < -0.39 is 5.54 Å². The molecule has 0 radical (unpaired) electrons. The average molecular weight is 399 g/mol. The summed E-state index contributed by atoms with van der Waals surface area (Å²) in [5, 5.41) is 7.60. The first-order valence-electron chi connectivity index (χ1n) is 9.37. The third-order valence-electron chi connectivity index (χ3n) is 5.12. The maximum absolute atomic E-state index is 12.6. The van der Waals surface area contributed by atoms with Crippen LogP contribution in [-0.2, 0) is 5.54 Å². The van der Waals surface area contributed by atoms with Gasteiger partial charge in [0.25, 0.3) is 11.8 Å². The van der Waals surface area contributed by atoms with Crippen molar-refractivity contribution < 1.29 is 9.32 Å². The Kier molecular flexibility index (Phi) is 4.54. The first-order valence-corrected chi connectivity index (χ1v) is 9.75. The second-order valence-corrected chi connectivity index (χ2v) is 8.34. The Labute approximate surface area is 168 Å². The van der Waals surface area contributed by atoms with E-state index in [1.165, 1.54) is 18.5 Å². The number of aryl methyl sites for hydroxylation is 1. The van der Waals surface area contributed by atoms with Gasteiger partial charge in [0.1, 0.15) is 0 Å². The number of rotatable bonds is 5. The van der Waals surface area contributed by atoms with Gasteiger partial charge in [0.2, 0.25) is 0 Å². The molecule has 3 aromatic rings. The molecule has 0 bridgehead atoms. The molecule has 0 unspecified atom stereocenters. The van der Waals surface area contributed by atoms with Crippen LogP contribution in [0.15, 0.2) is 34.9 Å². The van der Waals surface area contributed by atoms with Gasteiger partial charge in [-0.3, -0.25) is 4.79 Å². The fourth-order valence-corrected chi connectivity index (χ4v) is 3.71. The van der Waals surface area contributed by atoms with Gasteiger partial charge in [0.05, 0.1) is 11.1 Å². The van der Waals surface area contributed by atoms with Crippen molar-refractivity contribution in [3.63, 3.8) is 0 Å². The highest BCUT2D eigenvalue weighted by Gasteiger charge is 2.32. The lowest BCUT2D eigenvalue weighted by atomic mass is 10.0. The summed E-state index contributed by atoms with van der Waals surface area (Å²) in [5.41, 5.74) is 2.96. The monoisotopic (exact) mass is 398 g/mol. The summed E-state index contributed by atoms with van der Waals surface area (Å²) >= 11 is 5.98. The van der Waals surface area contributed by atoms with E-state index in [9.17, 15) is 4.79 Å². The fourth-order valence-electron chi connectivity index (χ4n) is 3.52. The number of hydrogen-bond acceptors (Lipinski definition) is 4. The number of carbonyl (C=O) groups excluding carboxylic acids is 1. The first-order chi connectivity index (χ1) is 13.3. The normalized spacial score (nSPS) is 14.3. The van der Waals surface area contributed by atoms with Crippen LogP contribution in [0, 0.1) is 13.8 Å². The minimum Gasteiger partial charge on any atom is -0.345 e. The molecular formula is C21H23ClN4O2. The van der Waals surface area contributed by atoms with E-state index in [-0.39, 0.29) is 5.91 Å². The van der Waals surface area contributed by atoms with Crippen LogP contribution in [0.25, 0.3) is 11.5 Å². The molecule has 1 N–H and O–H groups in total. The summed E-state index contributed by atoms with van der Waals surface area (Å²) in [6.45, 7) is 7.87. The summed E-state index contributed by atoms with van der Waals surface area (Å²) in [6, 6.07) is 9.49. The molecule has 0 aliphatic heterocycles. The number of halogens is 1. The lowest BCUT2D eigenvalue weighted by Gasteiger charge is -2.22. The minimum atomic E-state index is -0.802. The zero-order valence-corrected chi connectivity index (χ0v) is 17.2. The van der Waals surface area contributed by atoms with Crippen LogP contribution in [0.4, 0.5) is 0 Å². The SMILES string of the molecule is Cc1cc(-c2nc(C(C)(C)NC(=O)c3cccc(Cl)c3)no2)c(C)n1C1CC1. The van der Waals surface area contributed by atoms with Crippen molar-refractivity contribution in [3.05, 3.63) is 58.1 Å². The topological polar surface area (TPSA) is 73.0 Å². The second kappa shape index (κ2) is 6.78. The molecule has 2 heterocycles. The number of nitrogens with zero attached hydrogens (tertiary/aromatic N) is 3. The Morgan fingerprint density at radius 3 is 2.71 bits per heavy atom. The van der Waals surface area contributed by atoms with Crippen molar-refractivity contribution in [2.75, 3.05) is 0 Å². The molecule has 28 heavy (non-hydrogen) atoms. The lowest BCUT2D eigenvalue weighted by Crippen LogP contribution is -2.41. The second-order valence-electron chi connectivity index (χ2n) is 7.90. The van der Waals surface area contributed by atoms with E-state index in [2.05, 4.69) is 39.9 Å². The van der Waals surface area contributed by atoms with E-state index in [0.717, 1.165) is 11.3 Å². The average Bonchev–Trinajstić information content (AvgIpc) is 3.24. The Morgan fingerprint density at radius 1 is 1.29 bits per heavy atom. The number of amides is 1. The van der Waals surface area contributed by atoms with E-state index in [4.69, 9.17) is 16.1 Å². The fraction of sp³-hybridized carbons (Fsp3) is 0.381. The molecule has 146 valence electrons. The largest absolute Gasteiger partial charge is 0.345 e. The highest BCUT2D eigenvalue weighted by molar-refractivity contribution is 6.30. The Hall–Kier alpha value is -2.60. The highest BCUT2D eigenvalue weighted by atomic mass is 35.5. The van der Waals surface area contributed by atoms with Crippen molar-refractivity contribution >= 4 is 17.5 Å². The Morgan fingerprint density at radius 2 is 2.04 bits per heavy atom. The number of benzene rings is 1. The molecule has 2 aromatic heterocycles. The zero-order valence-electron chi connectivity index (χ0n) is 16.4. The van der Waals surface area contributed by atoms with E-state index in [1.54, 1.807) is 24.3 Å². The predicted octanol–water partition coefficient (Wildman–Crippen LogP) is 4.81. The van der Waals surface area contributed by atoms with Gasteiger partial charge in [0.15, 0.2) is 5.82 Å². The quantitative estimate of drug-likeness (QED) is 0.669. The molecular weight excluding hydrogens is 376 g/mol. The lowest BCUT2D eigenvalue weighted by molar-refractivity contribution is 0.0907. The van der Waals surface area contributed by atoms with Gasteiger partial charge in [-0.1, -0.05) is 22.8 Å². The Bertz CT molecular complexity index is 1050. The van der Waals surface area contributed by atoms with Crippen molar-refractivity contribution in [2.24, 2.45) is 0 Å².